The van der Waals surface area contributed by atoms with E-state index >= 15 is 0 Å². The van der Waals surface area contributed by atoms with Crippen LogP contribution in [0.15, 0.2) is 24.8 Å². The van der Waals surface area contributed by atoms with Crippen LogP contribution >= 0.6 is 0 Å². The van der Waals surface area contributed by atoms with Crippen molar-refractivity contribution in [3.05, 3.63) is 24.8 Å². The molecular formula is C16H25BrN6O4S. The van der Waals surface area contributed by atoms with Gasteiger partial charge in [-0.15, -0.1) is 0 Å². The summed E-state index contributed by atoms with van der Waals surface area (Å²) in [5.41, 5.74) is 0.461. The lowest BCUT2D eigenvalue weighted by Crippen LogP contribution is -3.00. The summed E-state index contributed by atoms with van der Waals surface area (Å²) in [6, 6.07) is 1.74. The molecule has 0 unspecified atom stereocenters. The van der Waals surface area contributed by atoms with Crippen molar-refractivity contribution in [2.45, 2.75) is 27.3 Å². The molecule has 0 bridgehead atoms. The van der Waals surface area contributed by atoms with Crippen LogP contribution in [-0.4, -0.2) is 53.1 Å². The van der Waals surface area contributed by atoms with E-state index < -0.39 is 10.1 Å². The third-order valence-electron chi connectivity index (χ3n) is 3.27. The molecule has 0 aliphatic rings. The number of nitrogens with one attached hydrogen (secondary N) is 1. The van der Waals surface area contributed by atoms with Crippen LogP contribution in [-0.2, 0) is 32.7 Å². The lowest BCUT2D eigenvalue weighted by atomic mass is 9.99. The summed E-state index contributed by atoms with van der Waals surface area (Å²) >= 11 is 0. The molecule has 0 aromatic carbocycles. The summed E-state index contributed by atoms with van der Waals surface area (Å²) in [6.45, 7) is 5.64. The van der Waals surface area contributed by atoms with E-state index in [9.17, 15) is 13.2 Å². The summed E-state index contributed by atoms with van der Waals surface area (Å²) < 4.78 is 31.6. The van der Waals surface area contributed by atoms with E-state index in [-0.39, 0.29) is 53.8 Å². The SMILES string of the molecule is Cn1cnc(-c2ccn[n+](CC(=O)NCCS(=O)(=O)OCC(C)(C)C)c2)n1.[Br-]. The number of rotatable bonds is 8. The van der Waals surface area contributed by atoms with Crippen molar-refractivity contribution in [2.24, 2.45) is 12.5 Å². The average molecular weight is 477 g/mol. The molecule has 2 rings (SSSR count). The Balaban J connectivity index is 0.00000392. The number of amides is 1. The van der Waals surface area contributed by atoms with Crippen molar-refractivity contribution in [1.82, 2.24) is 25.2 Å². The Kier molecular flexibility index (Phi) is 8.64. The molecule has 0 fully saturated rings. The molecule has 156 valence electrons. The molecular weight excluding hydrogens is 452 g/mol. The summed E-state index contributed by atoms with van der Waals surface area (Å²) in [4.78, 5) is 16.2. The van der Waals surface area contributed by atoms with Gasteiger partial charge in [0.25, 0.3) is 22.6 Å². The van der Waals surface area contributed by atoms with Gasteiger partial charge in [0.05, 0.1) is 24.1 Å². The minimum absolute atomic E-state index is 0. The lowest BCUT2D eigenvalue weighted by molar-refractivity contribution is -0.742. The minimum Gasteiger partial charge on any atom is -1.00 e. The normalized spacial score (nSPS) is 11.7. The first-order chi connectivity index (χ1) is 12.5. The standard InChI is InChI=1S/C16H24N6O4S.BrH/c1-16(2,3)11-26-27(24,25)8-7-17-14(23)10-22-9-13(5-6-19-22)15-18-12-21(4)20-15;/h5-6,9,12H,7-8,10-11H2,1-4H3;1H. The van der Waals surface area contributed by atoms with E-state index in [0.29, 0.717) is 5.82 Å². The van der Waals surface area contributed by atoms with Gasteiger partial charge in [-0.3, -0.25) is 13.7 Å². The Morgan fingerprint density at radius 2 is 2.07 bits per heavy atom. The van der Waals surface area contributed by atoms with Gasteiger partial charge in [0.15, 0.2) is 5.82 Å². The van der Waals surface area contributed by atoms with E-state index in [1.165, 1.54) is 4.68 Å². The molecule has 0 aliphatic heterocycles. The van der Waals surface area contributed by atoms with E-state index in [1.54, 1.807) is 36.5 Å². The first kappa shape index (κ1) is 24.1. The smallest absolute Gasteiger partial charge is 0.288 e. The van der Waals surface area contributed by atoms with Crippen molar-refractivity contribution >= 4 is 16.0 Å². The maximum atomic E-state index is 12.0. The quantitative estimate of drug-likeness (QED) is 0.312. The maximum Gasteiger partial charge on any atom is 0.288 e. The summed E-state index contributed by atoms with van der Waals surface area (Å²) in [5, 5.41) is 10.8. The van der Waals surface area contributed by atoms with Crippen molar-refractivity contribution < 1.29 is 39.1 Å². The van der Waals surface area contributed by atoms with Crippen molar-refractivity contribution in [1.29, 1.82) is 0 Å². The van der Waals surface area contributed by atoms with E-state index in [4.69, 9.17) is 4.18 Å². The number of hydrogen-bond acceptors (Lipinski definition) is 7. The number of carbonyl (C=O) groups excluding carboxylic acids is 1. The van der Waals surface area contributed by atoms with Gasteiger partial charge in [0.2, 0.25) is 6.20 Å². The zero-order valence-corrected chi connectivity index (χ0v) is 18.7. The molecule has 0 radical (unpaired) electrons. The molecule has 1 amide bonds. The van der Waals surface area contributed by atoms with Crippen molar-refractivity contribution in [3.8, 4) is 11.4 Å². The molecule has 2 aromatic heterocycles. The van der Waals surface area contributed by atoms with Crippen LogP contribution in [0.2, 0.25) is 0 Å². The second-order valence-electron chi connectivity index (χ2n) is 7.29. The zero-order valence-electron chi connectivity index (χ0n) is 16.3. The molecule has 0 spiro atoms. The van der Waals surface area contributed by atoms with E-state index in [0.717, 1.165) is 5.56 Å². The molecule has 0 saturated heterocycles. The van der Waals surface area contributed by atoms with Crippen LogP contribution in [0.5, 0.6) is 0 Å². The minimum atomic E-state index is -3.68. The van der Waals surface area contributed by atoms with Crippen molar-refractivity contribution in [3.63, 3.8) is 0 Å². The summed E-state index contributed by atoms with van der Waals surface area (Å²) in [5.74, 6) is -0.119. The van der Waals surface area contributed by atoms with Gasteiger partial charge >= 0.3 is 0 Å². The first-order valence-corrected chi connectivity index (χ1v) is 9.97. The molecule has 12 heteroatoms. The predicted octanol–water partition coefficient (Wildman–Crippen LogP) is -3.32. The topological polar surface area (TPSA) is 120 Å². The fourth-order valence-electron chi connectivity index (χ4n) is 1.97. The predicted molar refractivity (Wildman–Crippen MR) is 96.6 cm³/mol. The lowest BCUT2D eigenvalue weighted by Gasteiger charge is -2.17. The monoisotopic (exact) mass is 476 g/mol. The fourth-order valence-corrected chi connectivity index (χ4v) is 2.97. The second kappa shape index (κ2) is 10.0. The van der Waals surface area contributed by atoms with Gasteiger partial charge in [-0.05, 0) is 16.6 Å². The highest BCUT2D eigenvalue weighted by Crippen LogP contribution is 2.14. The molecule has 10 nitrogen and oxygen atoms in total. The molecule has 2 aromatic rings. The molecule has 0 saturated carbocycles. The third kappa shape index (κ3) is 8.40. The Bertz CT molecular complexity index is 895. The third-order valence-corrected chi connectivity index (χ3v) is 4.45. The van der Waals surface area contributed by atoms with E-state index in [2.05, 4.69) is 20.5 Å². The molecule has 0 aliphatic carbocycles. The van der Waals surface area contributed by atoms with Crippen molar-refractivity contribution in [2.75, 3.05) is 18.9 Å². The molecule has 28 heavy (non-hydrogen) atoms. The van der Waals surface area contributed by atoms with Crippen LogP contribution in [0.1, 0.15) is 20.8 Å². The second-order valence-corrected chi connectivity index (χ2v) is 9.05. The fraction of sp³-hybridized carbons (Fsp3) is 0.562. The highest BCUT2D eigenvalue weighted by atomic mass is 79.9. The number of halogens is 1. The van der Waals surface area contributed by atoms with Crippen LogP contribution in [0, 0.1) is 5.41 Å². The summed E-state index contributed by atoms with van der Waals surface area (Å²) in [6.07, 6.45) is 4.77. The molecule has 2 heterocycles. The van der Waals surface area contributed by atoms with Crippen LogP contribution < -0.4 is 27.0 Å². The van der Waals surface area contributed by atoms with Crippen LogP contribution in [0.4, 0.5) is 0 Å². The Hall–Kier alpha value is -1.92. The van der Waals surface area contributed by atoms with Gasteiger partial charge in [0, 0.05) is 13.6 Å². The van der Waals surface area contributed by atoms with Crippen LogP contribution in [0.3, 0.4) is 0 Å². The first-order valence-electron chi connectivity index (χ1n) is 8.40. The number of nitrogens with zero attached hydrogens (tertiary/aromatic N) is 5. The van der Waals surface area contributed by atoms with Gasteiger partial charge in [-0.2, -0.15) is 13.5 Å². The Morgan fingerprint density at radius 1 is 1.36 bits per heavy atom. The number of hydrogen-bond donors (Lipinski definition) is 1. The molecule has 0 atom stereocenters. The Morgan fingerprint density at radius 3 is 2.68 bits per heavy atom. The van der Waals surface area contributed by atoms with Crippen LogP contribution in [0.25, 0.3) is 11.4 Å². The number of carbonyl (C=O) groups is 1. The maximum absolute atomic E-state index is 12.0. The van der Waals surface area contributed by atoms with Gasteiger partial charge < -0.3 is 22.3 Å². The van der Waals surface area contributed by atoms with Gasteiger partial charge in [0.1, 0.15) is 6.33 Å². The summed E-state index contributed by atoms with van der Waals surface area (Å²) in [7, 11) is -1.92. The van der Waals surface area contributed by atoms with Gasteiger partial charge in [-0.1, -0.05) is 25.5 Å². The number of aryl methyl sites for hydroxylation is 1. The number of aromatic nitrogens is 5. The van der Waals surface area contributed by atoms with E-state index in [1.807, 2.05) is 20.8 Å². The Labute approximate surface area is 175 Å². The largest absolute Gasteiger partial charge is 1.00 e. The average Bonchev–Trinajstić information content (AvgIpc) is 2.99. The highest BCUT2D eigenvalue weighted by molar-refractivity contribution is 7.86. The highest BCUT2D eigenvalue weighted by Gasteiger charge is 2.19. The van der Waals surface area contributed by atoms with Gasteiger partial charge in [-0.25, -0.2) is 4.98 Å². The zero-order chi connectivity index (χ0) is 20.1. The molecule has 1 N–H and O–H groups in total.